The Hall–Kier alpha value is -1.77. The highest BCUT2D eigenvalue weighted by atomic mass is 35.5. The van der Waals surface area contributed by atoms with Gasteiger partial charge in [0.2, 0.25) is 15.9 Å². The van der Waals surface area contributed by atoms with Gasteiger partial charge in [0.25, 0.3) is 0 Å². The van der Waals surface area contributed by atoms with Crippen molar-refractivity contribution < 1.29 is 17.6 Å². The third kappa shape index (κ3) is 6.68. The molecule has 0 aliphatic rings. The van der Waals surface area contributed by atoms with Gasteiger partial charge >= 0.3 is 0 Å². The lowest BCUT2D eigenvalue weighted by atomic mass is 10.1. The third-order valence-corrected chi connectivity index (χ3v) is 6.40. The van der Waals surface area contributed by atoms with E-state index < -0.39 is 28.3 Å². The van der Waals surface area contributed by atoms with Crippen LogP contribution >= 0.6 is 23.4 Å². The largest absolute Gasteiger partial charge is 0.354 e. The second-order valence-electron chi connectivity index (χ2n) is 6.20. The van der Waals surface area contributed by atoms with E-state index >= 15 is 0 Å². The van der Waals surface area contributed by atoms with Crippen molar-refractivity contribution in [1.29, 1.82) is 0 Å². The highest BCUT2D eigenvalue weighted by molar-refractivity contribution is 7.98. The molecule has 2 aromatic carbocycles. The number of anilines is 1. The van der Waals surface area contributed by atoms with E-state index in [1.165, 1.54) is 23.3 Å². The van der Waals surface area contributed by atoms with Gasteiger partial charge in [-0.15, -0.1) is 0 Å². The minimum absolute atomic E-state index is 0.137. The molecular weight excluding hydrogens is 423 g/mol. The van der Waals surface area contributed by atoms with Crippen LogP contribution in [0.4, 0.5) is 10.1 Å². The number of carbonyl (C=O) groups excluding carboxylic acids is 1. The molecule has 0 unspecified atom stereocenters. The number of amides is 1. The first-order valence-electron chi connectivity index (χ1n) is 8.50. The summed E-state index contributed by atoms with van der Waals surface area (Å²) in [6.45, 7) is 2.07. The number of hydrogen-bond donors (Lipinski definition) is 1. The quantitative estimate of drug-likeness (QED) is 0.600. The van der Waals surface area contributed by atoms with Crippen LogP contribution in [0.15, 0.2) is 42.5 Å². The molecule has 0 radical (unpaired) electrons. The summed E-state index contributed by atoms with van der Waals surface area (Å²) in [5.41, 5.74) is 2.61. The third-order valence-electron chi connectivity index (χ3n) is 3.97. The molecule has 9 heteroatoms. The van der Waals surface area contributed by atoms with Crippen molar-refractivity contribution >= 4 is 45.0 Å². The zero-order valence-corrected chi connectivity index (χ0v) is 18.0. The maximum Gasteiger partial charge on any atom is 0.240 e. The fourth-order valence-electron chi connectivity index (χ4n) is 2.44. The second kappa shape index (κ2) is 10.1. The van der Waals surface area contributed by atoms with E-state index in [-0.39, 0.29) is 10.7 Å². The van der Waals surface area contributed by atoms with Crippen LogP contribution < -0.4 is 9.62 Å². The van der Waals surface area contributed by atoms with Gasteiger partial charge in [0.1, 0.15) is 12.4 Å². The van der Waals surface area contributed by atoms with Gasteiger partial charge in [0, 0.05) is 18.1 Å². The molecule has 0 aliphatic heterocycles. The van der Waals surface area contributed by atoms with E-state index in [0.29, 0.717) is 12.3 Å². The van der Waals surface area contributed by atoms with Crippen LogP contribution in [0.1, 0.15) is 11.1 Å². The minimum atomic E-state index is -3.73. The predicted octanol–water partition coefficient (Wildman–Crippen LogP) is 3.60. The van der Waals surface area contributed by atoms with Crippen molar-refractivity contribution in [3.63, 3.8) is 0 Å². The van der Waals surface area contributed by atoms with Crippen LogP contribution in [0.5, 0.6) is 0 Å². The molecule has 0 spiro atoms. The Morgan fingerprint density at radius 2 is 1.96 bits per heavy atom. The molecule has 152 valence electrons. The summed E-state index contributed by atoms with van der Waals surface area (Å²) in [7, 11) is -3.73. The molecule has 2 rings (SSSR count). The Bertz CT molecular complexity index is 939. The number of sulfonamides is 1. The lowest BCUT2D eigenvalue weighted by Gasteiger charge is -2.22. The molecule has 0 aromatic heterocycles. The number of nitrogens with one attached hydrogen (secondary N) is 1. The monoisotopic (exact) mass is 444 g/mol. The summed E-state index contributed by atoms with van der Waals surface area (Å²) in [5, 5.41) is 2.50. The topological polar surface area (TPSA) is 66.5 Å². The number of carbonyl (C=O) groups is 1. The van der Waals surface area contributed by atoms with Crippen molar-refractivity contribution in [2.24, 2.45) is 0 Å². The van der Waals surface area contributed by atoms with Crippen LogP contribution in [-0.2, 0) is 20.6 Å². The average molecular weight is 445 g/mol. The van der Waals surface area contributed by atoms with Gasteiger partial charge in [-0.2, -0.15) is 11.8 Å². The molecule has 0 aliphatic carbocycles. The van der Waals surface area contributed by atoms with Crippen LogP contribution in [0.3, 0.4) is 0 Å². The first kappa shape index (κ1) is 22.5. The zero-order chi connectivity index (χ0) is 20.7. The molecule has 0 saturated heterocycles. The van der Waals surface area contributed by atoms with Crippen LogP contribution in [0.2, 0.25) is 5.02 Å². The first-order valence-corrected chi connectivity index (χ1v) is 11.9. The van der Waals surface area contributed by atoms with E-state index in [1.807, 2.05) is 12.1 Å². The molecule has 0 bridgehead atoms. The van der Waals surface area contributed by atoms with E-state index in [1.54, 1.807) is 11.8 Å². The SMILES string of the molecule is Cc1ccccc1CSCCNC(=O)CN(c1ccc(F)c(Cl)c1)S(C)(=O)=O. The molecule has 5 nitrogen and oxygen atoms in total. The Balaban J connectivity index is 1.86. The summed E-state index contributed by atoms with van der Waals surface area (Å²) in [6, 6.07) is 11.6. The maximum atomic E-state index is 13.3. The molecule has 0 fully saturated rings. The van der Waals surface area contributed by atoms with Crippen LogP contribution in [-0.4, -0.2) is 39.4 Å². The van der Waals surface area contributed by atoms with Gasteiger partial charge in [0.15, 0.2) is 0 Å². The van der Waals surface area contributed by atoms with E-state index in [0.717, 1.165) is 22.4 Å². The van der Waals surface area contributed by atoms with Gasteiger partial charge in [-0.1, -0.05) is 35.9 Å². The summed E-state index contributed by atoms with van der Waals surface area (Å²) in [5.74, 6) is 0.435. The fourth-order valence-corrected chi connectivity index (χ4v) is 4.40. The lowest BCUT2D eigenvalue weighted by Crippen LogP contribution is -2.41. The van der Waals surface area contributed by atoms with Crippen molar-refractivity contribution in [2.45, 2.75) is 12.7 Å². The van der Waals surface area contributed by atoms with E-state index in [9.17, 15) is 17.6 Å². The molecule has 0 saturated carbocycles. The van der Waals surface area contributed by atoms with Gasteiger partial charge < -0.3 is 5.32 Å². The molecule has 1 amide bonds. The molecule has 2 aromatic rings. The van der Waals surface area contributed by atoms with E-state index in [4.69, 9.17) is 11.6 Å². The van der Waals surface area contributed by atoms with E-state index in [2.05, 4.69) is 24.4 Å². The van der Waals surface area contributed by atoms with Crippen molar-refractivity contribution in [3.05, 3.63) is 64.4 Å². The Morgan fingerprint density at radius 3 is 2.61 bits per heavy atom. The highest BCUT2D eigenvalue weighted by Gasteiger charge is 2.21. The van der Waals surface area contributed by atoms with Crippen LogP contribution in [0.25, 0.3) is 0 Å². The van der Waals surface area contributed by atoms with Gasteiger partial charge in [0.05, 0.1) is 17.0 Å². The number of nitrogens with zero attached hydrogens (tertiary/aromatic N) is 1. The van der Waals surface area contributed by atoms with Crippen LogP contribution in [0, 0.1) is 12.7 Å². The number of benzene rings is 2. The first-order chi connectivity index (χ1) is 13.2. The molecule has 0 atom stereocenters. The number of halogens is 2. The molecular formula is C19H22ClFN2O3S2. The summed E-state index contributed by atoms with van der Waals surface area (Å²) >= 11 is 7.41. The van der Waals surface area contributed by atoms with Gasteiger partial charge in [-0.25, -0.2) is 12.8 Å². The van der Waals surface area contributed by atoms with Crippen molar-refractivity contribution in [3.8, 4) is 0 Å². The maximum absolute atomic E-state index is 13.3. The summed E-state index contributed by atoms with van der Waals surface area (Å²) in [6.07, 6.45) is 0.982. The predicted molar refractivity (Wildman–Crippen MR) is 114 cm³/mol. The smallest absolute Gasteiger partial charge is 0.240 e. The Kier molecular flexibility index (Phi) is 8.15. The Morgan fingerprint density at radius 1 is 1.25 bits per heavy atom. The molecule has 28 heavy (non-hydrogen) atoms. The molecule has 0 heterocycles. The average Bonchev–Trinajstić information content (AvgIpc) is 2.62. The van der Waals surface area contributed by atoms with Crippen molar-refractivity contribution in [2.75, 3.05) is 29.4 Å². The van der Waals surface area contributed by atoms with Crippen molar-refractivity contribution in [1.82, 2.24) is 5.32 Å². The molecule has 1 N–H and O–H groups in total. The number of hydrogen-bond acceptors (Lipinski definition) is 4. The van der Waals surface area contributed by atoms with Gasteiger partial charge in [-0.3, -0.25) is 9.10 Å². The normalized spacial score (nSPS) is 11.3. The number of rotatable bonds is 9. The highest BCUT2D eigenvalue weighted by Crippen LogP contribution is 2.24. The summed E-state index contributed by atoms with van der Waals surface area (Å²) < 4.78 is 38.3. The Labute approximate surface area is 174 Å². The zero-order valence-electron chi connectivity index (χ0n) is 15.6. The number of aryl methyl sites for hydroxylation is 1. The van der Waals surface area contributed by atoms with Gasteiger partial charge in [-0.05, 0) is 36.2 Å². The number of thioether (sulfide) groups is 1. The fraction of sp³-hybridized carbons (Fsp3) is 0.316. The standard InChI is InChI=1S/C19H22ClFN2O3S2/c1-14-5-3-4-6-15(14)13-27-10-9-22-19(24)12-23(28(2,25)26)16-7-8-18(21)17(20)11-16/h3-8,11H,9-10,12-13H2,1-2H3,(H,22,24). The lowest BCUT2D eigenvalue weighted by molar-refractivity contribution is -0.119. The summed E-state index contributed by atoms with van der Waals surface area (Å²) in [4.78, 5) is 12.2. The minimum Gasteiger partial charge on any atom is -0.354 e. The second-order valence-corrected chi connectivity index (χ2v) is 9.62.